The highest BCUT2D eigenvalue weighted by molar-refractivity contribution is 5.79. The molecule has 2 aliphatic rings. The average Bonchev–Trinajstić information content (AvgIpc) is 3.03. The fourth-order valence-corrected chi connectivity index (χ4v) is 3.44. The number of amides is 1. The summed E-state index contributed by atoms with van der Waals surface area (Å²) >= 11 is 0. The molecule has 0 aromatic heterocycles. The second-order valence-corrected chi connectivity index (χ2v) is 6.11. The van der Waals surface area contributed by atoms with Crippen LogP contribution in [0.2, 0.25) is 0 Å². The summed E-state index contributed by atoms with van der Waals surface area (Å²) in [5.41, 5.74) is 0.821. The fourth-order valence-electron chi connectivity index (χ4n) is 3.44. The van der Waals surface area contributed by atoms with Gasteiger partial charge < -0.3 is 10.0 Å². The van der Waals surface area contributed by atoms with Gasteiger partial charge in [-0.3, -0.25) is 4.79 Å². The minimum Gasteiger partial charge on any atom is -0.508 e. The molecule has 0 spiro atoms. The van der Waals surface area contributed by atoms with E-state index in [0.717, 1.165) is 30.2 Å². The van der Waals surface area contributed by atoms with Crippen LogP contribution in [-0.2, 0) is 4.79 Å². The lowest BCUT2D eigenvalue weighted by molar-refractivity contribution is -0.136. The predicted octanol–water partition coefficient (Wildman–Crippen LogP) is 2.96. The van der Waals surface area contributed by atoms with E-state index in [9.17, 15) is 9.90 Å². The molecule has 3 atom stereocenters. The number of phenols is 1. The van der Waals surface area contributed by atoms with E-state index in [2.05, 4.69) is 0 Å². The van der Waals surface area contributed by atoms with Gasteiger partial charge >= 0.3 is 0 Å². The molecule has 3 unspecified atom stereocenters. The normalized spacial score (nSPS) is 29.7. The molecule has 0 saturated heterocycles. The lowest BCUT2D eigenvalue weighted by Gasteiger charge is -2.28. The Kier molecular flexibility index (Phi) is 3.00. The molecule has 1 aromatic rings. The SMILES string of the molecule is CC(c1ccccc1O)N(C)C(=O)C1CC2CC2C1. The Balaban J connectivity index is 1.70. The van der Waals surface area contributed by atoms with Crippen molar-refractivity contribution in [2.45, 2.75) is 32.2 Å². The standard InChI is InChI=1S/C16H21NO2/c1-10(14-5-3-4-6-15(14)18)17(2)16(19)13-8-11-7-12(11)9-13/h3-6,10-13,18H,7-9H2,1-2H3. The number of para-hydroxylation sites is 1. The average molecular weight is 259 g/mol. The number of hydrogen-bond donors (Lipinski definition) is 1. The van der Waals surface area contributed by atoms with Crippen molar-refractivity contribution in [3.63, 3.8) is 0 Å². The van der Waals surface area contributed by atoms with Crippen LogP contribution in [0.3, 0.4) is 0 Å². The first-order valence-electron chi connectivity index (χ1n) is 7.12. The summed E-state index contributed by atoms with van der Waals surface area (Å²) in [7, 11) is 1.85. The smallest absolute Gasteiger partial charge is 0.225 e. The first kappa shape index (κ1) is 12.5. The van der Waals surface area contributed by atoms with Crippen molar-refractivity contribution < 1.29 is 9.90 Å². The highest BCUT2D eigenvalue weighted by Crippen LogP contribution is 2.54. The lowest BCUT2D eigenvalue weighted by atomic mass is 9.99. The second kappa shape index (κ2) is 4.55. The van der Waals surface area contributed by atoms with Crippen LogP contribution in [0.15, 0.2) is 24.3 Å². The Hall–Kier alpha value is -1.51. The molecule has 0 radical (unpaired) electrons. The summed E-state index contributed by atoms with van der Waals surface area (Å²) in [6, 6.07) is 7.18. The van der Waals surface area contributed by atoms with Crippen LogP contribution in [0.1, 0.15) is 37.8 Å². The summed E-state index contributed by atoms with van der Waals surface area (Å²) in [6.07, 6.45) is 3.48. The molecular weight excluding hydrogens is 238 g/mol. The molecule has 19 heavy (non-hydrogen) atoms. The summed E-state index contributed by atoms with van der Waals surface area (Å²) in [4.78, 5) is 14.3. The topological polar surface area (TPSA) is 40.5 Å². The molecule has 102 valence electrons. The number of nitrogens with zero attached hydrogens (tertiary/aromatic N) is 1. The minimum atomic E-state index is -0.0781. The molecule has 1 N–H and O–H groups in total. The molecule has 0 bridgehead atoms. The van der Waals surface area contributed by atoms with Crippen molar-refractivity contribution in [2.24, 2.45) is 17.8 Å². The summed E-state index contributed by atoms with van der Waals surface area (Å²) in [5.74, 6) is 2.36. The van der Waals surface area contributed by atoms with Crippen molar-refractivity contribution in [1.29, 1.82) is 0 Å². The van der Waals surface area contributed by atoms with Crippen LogP contribution in [0.25, 0.3) is 0 Å². The van der Waals surface area contributed by atoms with E-state index in [0.29, 0.717) is 0 Å². The molecule has 2 fully saturated rings. The zero-order chi connectivity index (χ0) is 13.6. The third-order valence-electron chi connectivity index (χ3n) is 4.91. The summed E-state index contributed by atoms with van der Waals surface area (Å²) < 4.78 is 0. The Morgan fingerprint density at radius 1 is 1.26 bits per heavy atom. The van der Waals surface area contributed by atoms with Gasteiger partial charge in [-0.1, -0.05) is 18.2 Å². The monoisotopic (exact) mass is 259 g/mol. The van der Waals surface area contributed by atoms with Gasteiger partial charge in [-0.25, -0.2) is 0 Å². The molecule has 0 heterocycles. The number of carbonyl (C=O) groups excluding carboxylic acids is 1. The molecule has 2 saturated carbocycles. The van der Waals surface area contributed by atoms with E-state index in [1.807, 2.05) is 26.1 Å². The number of aromatic hydroxyl groups is 1. The van der Waals surface area contributed by atoms with E-state index in [1.54, 1.807) is 17.0 Å². The van der Waals surface area contributed by atoms with Crippen LogP contribution in [-0.4, -0.2) is 23.0 Å². The second-order valence-electron chi connectivity index (χ2n) is 6.11. The first-order chi connectivity index (χ1) is 9.08. The highest BCUT2D eigenvalue weighted by Gasteiger charge is 2.48. The summed E-state index contributed by atoms with van der Waals surface area (Å²) in [6.45, 7) is 1.97. The van der Waals surface area contributed by atoms with E-state index < -0.39 is 0 Å². The van der Waals surface area contributed by atoms with Crippen molar-refractivity contribution in [3.05, 3.63) is 29.8 Å². The Morgan fingerprint density at radius 2 is 1.89 bits per heavy atom. The maximum Gasteiger partial charge on any atom is 0.225 e. The molecule has 2 aliphatic carbocycles. The van der Waals surface area contributed by atoms with Crippen molar-refractivity contribution >= 4 is 5.91 Å². The van der Waals surface area contributed by atoms with Crippen LogP contribution in [0, 0.1) is 17.8 Å². The molecule has 1 aromatic carbocycles. The number of rotatable bonds is 3. The van der Waals surface area contributed by atoms with E-state index in [-0.39, 0.29) is 23.6 Å². The predicted molar refractivity (Wildman–Crippen MR) is 73.6 cm³/mol. The van der Waals surface area contributed by atoms with E-state index in [4.69, 9.17) is 0 Å². The zero-order valence-electron chi connectivity index (χ0n) is 11.5. The van der Waals surface area contributed by atoms with Crippen molar-refractivity contribution in [1.82, 2.24) is 4.90 Å². The van der Waals surface area contributed by atoms with Gasteiger partial charge in [0, 0.05) is 18.5 Å². The molecule has 0 aliphatic heterocycles. The maximum absolute atomic E-state index is 12.5. The lowest BCUT2D eigenvalue weighted by Crippen LogP contribution is -2.34. The molecule has 1 amide bonds. The van der Waals surface area contributed by atoms with Gasteiger partial charge in [0.15, 0.2) is 0 Å². The third kappa shape index (κ3) is 2.22. The van der Waals surface area contributed by atoms with Gasteiger partial charge in [-0.15, -0.1) is 0 Å². The van der Waals surface area contributed by atoms with Crippen molar-refractivity contribution in [3.8, 4) is 5.75 Å². The number of phenolic OH excluding ortho intramolecular Hbond substituents is 1. The number of carbonyl (C=O) groups is 1. The first-order valence-corrected chi connectivity index (χ1v) is 7.12. The maximum atomic E-state index is 12.5. The number of hydrogen-bond acceptors (Lipinski definition) is 2. The Bertz CT molecular complexity index is 489. The van der Waals surface area contributed by atoms with Crippen molar-refractivity contribution in [2.75, 3.05) is 7.05 Å². The third-order valence-corrected chi connectivity index (χ3v) is 4.91. The molecular formula is C16H21NO2. The van der Waals surface area contributed by atoms with Gasteiger partial charge in [0.1, 0.15) is 5.75 Å². The van der Waals surface area contributed by atoms with Crippen LogP contribution in [0.5, 0.6) is 5.75 Å². The molecule has 3 rings (SSSR count). The number of benzene rings is 1. The Morgan fingerprint density at radius 3 is 2.53 bits per heavy atom. The summed E-state index contributed by atoms with van der Waals surface area (Å²) in [5, 5.41) is 9.89. The zero-order valence-corrected chi connectivity index (χ0v) is 11.5. The van der Waals surface area contributed by atoms with Gasteiger partial charge in [0.25, 0.3) is 0 Å². The molecule has 3 nitrogen and oxygen atoms in total. The quantitative estimate of drug-likeness (QED) is 0.906. The minimum absolute atomic E-state index is 0.0781. The van der Waals surface area contributed by atoms with Gasteiger partial charge in [0.2, 0.25) is 5.91 Å². The molecule has 3 heteroatoms. The van der Waals surface area contributed by atoms with E-state index in [1.165, 1.54) is 6.42 Å². The van der Waals surface area contributed by atoms with Crippen LogP contribution >= 0.6 is 0 Å². The van der Waals surface area contributed by atoms with Gasteiger partial charge in [0.05, 0.1) is 6.04 Å². The number of fused-ring (bicyclic) bond motifs is 1. The largest absolute Gasteiger partial charge is 0.508 e. The fraction of sp³-hybridized carbons (Fsp3) is 0.562. The van der Waals surface area contributed by atoms with Crippen LogP contribution < -0.4 is 0 Å². The van der Waals surface area contributed by atoms with Crippen LogP contribution in [0.4, 0.5) is 0 Å². The Labute approximate surface area is 114 Å². The highest BCUT2D eigenvalue weighted by atomic mass is 16.3. The van der Waals surface area contributed by atoms with E-state index >= 15 is 0 Å². The van der Waals surface area contributed by atoms with Gasteiger partial charge in [-0.05, 0) is 44.1 Å². The van der Waals surface area contributed by atoms with Gasteiger partial charge in [-0.2, -0.15) is 0 Å².